The van der Waals surface area contributed by atoms with Gasteiger partial charge < -0.3 is 34.2 Å². The van der Waals surface area contributed by atoms with Gasteiger partial charge in [0.2, 0.25) is 0 Å². The average molecular weight is 1340 g/mol. The zero-order chi connectivity index (χ0) is 68.1. The number of rotatable bonds is 64. The third kappa shape index (κ3) is 68.4. The van der Waals surface area contributed by atoms with Crippen LogP contribution >= 0.6 is 15.6 Å². The molecular weight excluding hydrogens is 1220 g/mol. The Morgan fingerprint density at radius 2 is 0.581 bits per heavy atom. The summed E-state index contributed by atoms with van der Waals surface area (Å²) in [5.74, 6) is -1.69. The van der Waals surface area contributed by atoms with Crippen LogP contribution in [0.25, 0.3) is 0 Å². The first-order chi connectivity index (χ1) is 45.2. The maximum Gasteiger partial charge on any atom is 0.472 e. The molecule has 4 N–H and O–H groups in total. The molecule has 0 spiro atoms. The van der Waals surface area contributed by atoms with E-state index in [-0.39, 0.29) is 19.3 Å². The molecule has 0 saturated heterocycles. The van der Waals surface area contributed by atoms with E-state index >= 15 is 0 Å². The molecule has 0 aromatic rings. The zero-order valence-corrected chi connectivity index (χ0v) is 58.9. The van der Waals surface area contributed by atoms with Crippen molar-refractivity contribution in [3.8, 4) is 0 Å². The number of carbonyl (C=O) groups is 3. The SMILES string of the molecule is CC/C=C\C/C=C\C/C=C\C/C=C\C/C=C\CCCC(=O)OC(COC(=O)CCCCCCCC/C=C\C/C=C\C/C=C\C/C=C\CC)COP(=O)(O)OCC(O)COP(=O)(O)OCC(O)COC(=O)CCCCCCC/C=C\C/C=C\C/C=C\C/C=C\CCCCC. The zero-order valence-electron chi connectivity index (χ0n) is 57.1. The predicted molar refractivity (Wildman–Crippen MR) is 380 cm³/mol. The lowest BCUT2D eigenvalue weighted by Gasteiger charge is -2.21. The standard InChI is InChI=1S/C75H122O16P2/c1-4-7-10-13-16-19-22-25-28-31-33-34-36-39-40-43-46-49-52-55-58-61-73(78)85-64-70(76)65-87-92(81,82)88-66-71(77)67-89-93(83,84)90-69-72(91-75(80)63-60-57-54-51-48-45-42-37-30-27-24-21-18-15-12-9-6-3)68-86-74(79)62-59-56-53-50-47-44-41-38-35-32-29-26-23-20-17-14-11-8-5-2/h8-9,11-12,16-21,25-30,33-35,38-40,42,45,51,54,70-72,76-77H,4-7,10,13-15,22-24,31-32,36-37,41,43-44,46-50,52-53,55-69H2,1-3H3,(H,81,82)(H,83,84)/b11-8-,12-9-,19-16-,20-17-,21-18-,28-25-,29-26-,30-27-,34-33-,38-35-,40-39-,45-42-,54-51-. The first-order valence-corrected chi connectivity index (χ1v) is 37.8. The van der Waals surface area contributed by atoms with E-state index < -0.39 is 91.5 Å². The van der Waals surface area contributed by atoms with Crippen molar-refractivity contribution in [2.24, 2.45) is 0 Å². The van der Waals surface area contributed by atoms with Crippen LogP contribution in [0.3, 0.4) is 0 Å². The van der Waals surface area contributed by atoms with Gasteiger partial charge in [-0.05, 0) is 141 Å². The molecule has 0 aromatic carbocycles. The third-order valence-electron chi connectivity index (χ3n) is 13.7. The number of unbranched alkanes of at least 4 members (excludes halogenated alkanes) is 15. The highest BCUT2D eigenvalue weighted by Crippen LogP contribution is 2.45. The van der Waals surface area contributed by atoms with Crippen molar-refractivity contribution in [1.82, 2.24) is 0 Å². The quantitative estimate of drug-likeness (QED) is 0.0146. The monoisotopic (exact) mass is 1340 g/mol. The summed E-state index contributed by atoms with van der Waals surface area (Å²) in [7, 11) is -9.82. The van der Waals surface area contributed by atoms with Crippen LogP contribution < -0.4 is 0 Å². The summed E-state index contributed by atoms with van der Waals surface area (Å²) in [6.45, 7) is 2.28. The van der Waals surface area contributed by atoms with E-state index in [1.54, 1.807) is 0 Å². The molecule has 0 amide bonds. The van der Waals surface area contributed by atoms with Crippen LogP contribution in [0.5, 0.6) is 0 Å². The van der Waals surface area contributed by atoms with E-state index in [0.29, 0.717) is 25.7 Å². The summed E-state index contributed by atoms with van der Waals surface area (Å²) in [6.07, 6.45) is 81.5. The Labute approximate surface area is 561 Å². The van der Waals surface area contributed by atoms with Crippen molar-refractivity contribution in [2.45, 2.75) is 257 Å². The summed E-state index contributed by atoms with van der Waals surface area (Å²) < 4.78 is 60.8. The van der Waals surface area contributed by atoms with Gasteiger partial charge in [0.1, 0.15) is 25.4 Å². The van der Waals surface area contributed by atoms with E-state index in [0.717, 1.165) is 148 Å². The molecule has 0 aliphatic carbocycles. The largest absolute Gasteiger partial charge is 0.472 e. The predicted octanol–water partition coefficient (Wildman–Crippen LogP) is 19.5. The Kier molecular flexibility index (Phi) is 63.7. The van der Waals surface area contributed by atoms with E-state index in [1.807, 2.05) is 12.2 Å². The number of aliphatic hydroxyl groups is 2. The van der Waals surface area contributed by atoms with Gasteiger partial charge in [-0.2, -0.15) is 0 Å². The van der Waals surface area contributed by atoms with Crippen LogP contribution in [0, 0.1) is 0 Å². The minimum Gasteiger partial charge on any atom is -0.463 e. The van der Waals surface area contributed by atoms with Gasteiger partial charge in [-0.3, -0.25) is 32.5 Å². The number of phosphoric acid groups is 2. The number of aliphatic hydroxyl groups excluding tert-OH is 2. The molecule has 0 rings (SSSR count). The molecule has 0 aliphatic rings. The van der Waals surface area contributed by atoms with Crippen molar-refractivity contribution in [3.05, 3.63) is 158 Å². The van der Waals surface area contributed by atoms with Gasteiger partial charge in [-0.15, -0.1) is 0 Å². The van der Waals surface area contributed by atoms with Gasteiger partial charge in [-0.25, -0.2) is 9.13 Å². The Morgan fingerprint density at radius 3 is 0.935 bits per heavy atom. The second kappa shape index (κ2) is 67.2. The second-order valence-corrected chi connectivity index (χ2v) is 25.5. The molecule has 0 aromatic heterocycles. The minimum absolute atomic E-state index is 0.0160. The summed E-state index contributed by atoms with van der Waals surface area (Å²) in [5, 5.41) is 20.6. The van der Waals surface area contributed by atoms with Gasteiger partial charge in [-0.1, -0.05) is 237 Å². The smallest absolute Gasteiger partial charge is 0.463 e. The van der Waals surface area contributed by atoms with E-state index in [1.165, 1.54) is 25.7 Å². The maximum atomic E-state index is 12.9. The van der Waals surface area contributed by atoms with Crippen molar-refractivity contribution in [1.29, 1.82) is 0 Å². The molecule has 16 nitrogen and oxygen atoms in total. The molecular formula is C75H122O16P2. The maximum absolute atomic E-state index is 12.9. The van der Waals surface area contributed by atoms with Gasteiger partial charge >= 0.3 is 33.6 Å². The van der Waals surface area contributed by atoms with E-state index in [4.69, 9.17) is 32.3 Å². The summed E-state index contributed by atoms with van der Waals surface area (Å²) >= 11 is 0. The summed E-state index contributed by atoms with van der Waals surface area (Å²) in [4.78, 5) is 58.4. The Morgan fingerprint density at radius 1 is 0.312 bits per heavy atom. The molecule has 0 fully saturated rings. The van der Waals surface area contributed by atoms with Crippen molar-refractivity contribution >= 4 is 33.6 Å². The van der Waals surface area contributed by atoms with Crippen molar-refractivity contribution in [2.75, 3.05) is 39.6 Å². The molecule has 93 heavy (non-hydrogen) atoms. The number of hydrogen-bond donors (Lipinski definition) is 4. The first kappa shape index (κ1) is 88.2. The van der Waals surface area contributed by atoms with Crippen LogP contribution in [-0.4, -0.2) is 95.9 Å². The molecule has 0 saturated carbocycles. The number of carbonyl (C=O) groups excluding carboxylic acids is 3. The number of esters is 3. The Hall–Kier alpha value is -4.83. The normalized spacial score (nSPS) is 15.1. The number of ether oxygens (including phenoxy) is 3. The highest BCUT2D eigenvalue weighted by atomic mass is 31.2. The fraction of sp³-hybridized carbons (Fsp3) is 0.613. The Balaban J connectivity index is 4.78. The highest BCUT2D eigenvalue weighted by Gasteiger charge is 2.29. The number of hydrogen-bond acceptors (Lipinski definition) is 14. The van der Waals surface area contributed by atoms with Crippen molar-refractivity contribution < 1.29 is 75.8 Å². The van der Waals surface area contributed by atoms with Crippen LogP contribution in [-0.2, 0) is 55.8 Å². The van der Waals surface area contributed by atoms with E-state index in [9.17, 15) is 43.5 Å². The highest BCUT2D eigenvalue weighted by molar-refractivity contribution is 7.47. The molecule has 0 aliphatic heterocycles. The molecule has 5 atom stereocenters. The summed E-state index contributed by atoms with van der Waals surface area (Å²) in [5.41, 5.74) is 0. The second-order valence-electron chi connectivity index (χ2n) is 22.6. The summed E-state index contributed by atoms with van der Waals surface area (Å²) in [6, 6.07) is 0. The molecule has 0 radical (unpaired) electrons. The minimum atomic E-state index is -4.95. The van der Waals surface area contributed by atoms with Crippen molar-refractivity contribution in [3.63, 3.8) is 0 Å². The molecule has 528 valence electrons. The van der Waals surface area contributed by atoms with Crippen LogP contribution in [0.2, 0.25) is 0 Å². The van der Waals surface area contributed by atoms with Crippen LogP contribution in [0.4, 0.5) is 0 Å². The lowest BCUT2D eigenvalue weighted by molar-refractivity contribution is -0.161. The molecule has 18 heteroatoms. The first-order valence-electron chi connectivity index (χ1n) is 34.8. The lowest BCUT2D eigenvalue weighted by atomic mass is 10.1. The van der Waals surface area contributed by atoms with Crippen LogP contribution in [0.15, 0.2) is 158 Å². The van der Waals surface area contributed by atoms with Gasteiger partial charge in [0.25, 0.3) is 0 Å². The Bertz CT molecular complexity index is 2320. The topological polar surface area (TPSA) is 231 Å². The fourth-order valence-electron chi connectivity index (χ4n) is 8.46. The van der Waals surface area contributed by atoms with Gasteiger partial charge in [0.15, 0.2) is 6.10 Å². The molecule has 0 heterocycles. The third-order valence-corrected chi connectivity index (χ3v) is 15.6. The van der Waals surface area contributed by atoms with E-state index in [2.05, 4.69) is 167 Å². The molecule has 0 bridgehead atoms. The van der Waals surface area contributed by atoms with Crippen LogP contribution in [0.1, 0.15) is 239 Å². The van der Waals surface area contributed by atoms with Gasteiger partial charge in [0, 0.05) is 19.3 Å². The average Bonchev–Trinajstić information content (AvgIpc) is 3.48. The number of allylic oxidation sites excluding steroid dienone is 26. The lowest BCUT2D eigenvalue weighted by Crippen LogP contribution is -2.30. The van der Waals surface area contributed by atoms with Gasteiger partial charge in [0.05, 0.1) is 26.4 Å². The number of phosphoric ester groups is 2. The molecule has 5 unspecified atom stereocenters. The fourth-order valence-corrected chi connectivity index (χ4v) is 10.0.